The Morgan fingerprint density at radius 3 is 2.86 bits per heavy atom. The molecule has 1 fully saturated rings. The van der Waals surface area contributed by atoms with E-state index in [1.165, 1.54) is 6.07 Å². The molecule has 21 heavy (non-hydrogen) atoms. The van der Waals surface area contributed by atoms with Crippen LogP contribution in [0.4, 0.5) is 10.2 Å². The summed E-state index contributed by atoms with van der Waals surface area (Å²) in [6.45, 7) is 2.59. The third-order valence-corrected chi connectivity index (χ3v) is 4.01. The largest absolute Gasteiger partial charge is 0.369 e. The molecule has 2 aromatic rings. The van der Waals surface area contributed by atoms with Crippen LogP contribution in [0.1, 0.15) is 35.7 Å². The van der Waals surface area contributed by atoms with E-state index in [1.807, 2.05) is 13.0 Å². The van der Waals surface area contributed by atoms with Gasteiger partial charge in [0.15, 0.2) is 0 Å². The lowest BCUT2D eigenvalue weighted by Crippen LogP contribution is -2.10. The maximum absolute atomic E-state index is 13.1. The fourth-order valence-corrected chi connectivity index (χ4v) is 2.40. The Morgan fingerprint density at radius 2 is 2.14 bits per heavy atom. The summed E-state index contributed by atoms with van der Waals surface area (Å²) in [4.78, 5) is 8.90. The lowest BCUT2D eigenvalue weighted by molar-refractivity contribution is 0.625. The first-order valence-electron chi connectivity index (χ1n) is 7.16. The lowest BCUT2D eigenvalue weighted by Gasteiger charge is -2.11. The molecule has 0 saturated heterocycles. The van der Waals surface area contributed by atoms with Gasteiger partial charge in [-0.2, -0.15) is 0 Å². The fraction of sp³-hybridized carbons (Fsp3) is 0.375. The summed E-state index contributed by atoms with van der Waals surface area (Å²) in [6.07, 6.45) is 3.02. The molecule has 3 nitrogen and oxygen atoms in total. The van der Waals surface area contributed by atoms with Gasteiger partial charge in [-0.25, -0.2) is 14.4 Å². The van der Waals surface area contributed by atoms with Gasteiger partial charge in [-0.05, 0) is 43.9 Å². The van der Waals surface area contributed by atoms with E-state index in [-0.39, 0.29) is 5.82 Å². The second-order valence-electron chi connectivity index (χ2n) is 5.43. The van der Waals surface area contributed by atoms with Gasteiger partial charge in [0, 0.05) is 18.0 Å². The van der Waals surface area contributed by atoms with Crippen LogP contribution in [0.2, 0.25) is 5.15 Å². The number of aromatic nitrogens is 2. The Balaban J connectivity index is 1.67. The van der Waals surface area contributed by atoms with Crippen molar-refractivity contribution in [3.8, 4) is 0 Å². The molecule has 1 saturated carbocycles. The van der Waals surface area contributed by atoms with E-state index < -0.39 is 0 Å². The summed E-state index contributed by atoms with van der Waals surface area (Å²) in [7, 11) is 0. The van der Waals surface area contributed by atoms with Crippen LogP contribution in [-0.2, 0) is 6.42 Å². The predicted molar refractivity (Wildman–Crippen MR) is 82.3 cm³/mol. The molecule has 1 aromatic carbocycles. The van der Waals surface area contributed by atoms with Crippen LogP contribution in [0.3, 0.4) is 0 Å². The molecule has 1 heterocycles. The zero-order chi connectivity index (χ0) is 14.8. The van der Waals surface area contributed by atoms with Crippen molar-refractivity contribution >= 4 is 17.4 Å². The van der Waals surface area contributed by atoms with E-state index in [0.717, 1.165) is 42.0 Å². The summed E-state index contributed by atoms with van der Waals surface area (Å²) in [6, 6.07) is 6.65. The number of hydrogen-bond acceptors (Lipinski definition) is 3. The van der Waals surface area contributed by atoms with Crippen molar-refractivity contribution in [3.05, 3.63) is 52.2 Å². The van der Waals surface area contributed by atoms with Crippen molar-refractivity contribution in [2.75, 3.05) is 11.9 Å². The SMILES string of the molecule is Cc1c(Cl)nc(C2CC2)nc1NCCc1cccc(F)c1. The summed E-state index contributed by atoms with van der Waals surface area (Å²) < 4.78 is 13.1. The van der Waals surface area contributed by atoms with Crippen molar-refractivity contribution in [1.82, 2.24) is 9.97 Å². The van der Waals surface area contributed by atoms with Crippen LogP contribution >= 0.6 is 11.6 Å². The highest BCUT2D eigenvalue weighted by atomic mass is 35.5. The molecule has 0 radical (unpaired) electrons. The van der Waals surface area contributed by atoms with Crippen LogP contribution in [0.5, 0.6) is 0 Å². The molecule has 1 aliphatic carbocycles. The Kier molecular flexibility index (Phi) is 4.06. The number of hydrogen-bond donors (Lipinski definition) is 1. The first kappa shape index (κ1) is 14.3. The van der Waals surface area contributed by atoms with E-state index in [9.17, 15) is 4.39 Å². The maximum atomic E-state index is 13.1. The van der Waals surface area contributed by atoms with Crippen LogP contribution in [0.25, 0.3) is 0 Å². The molecular formula is C16H17ClFN3. The summed E-state index contributed by atoms with van der Waals surface area (Å²) in [5, 5.41) is 3.80. The summed E-state index contributed by atoms with van der Waals surface area (Å²) >= 11 is 6.17. The van der Waals surface area contributed by atoms with Gasteiger partial charge in [-0.3, -0.25) is 0 Å². The van der Waals surface area contributed by atoms with Gasteiger partial charge >= 0.3 is 0 Å². The second-order valence-corrected chi connectivity index (χ2v) is 5.79. The zero-order valence-corrected chi connectivity index (χ0v) is 12.6. The molecule has 0 unspecified atom stereocenters. The molecule has 1 N–H and O–H groups in total. The van der Waals surface area contributed by atoms with Crippen molar-refractivity contribution in [1.29, 1.82) is 0 Å². The molecule has 0 spiro atoms. The summed E-state index contributed by atoms with van der Waals surface area (Å²) in [5.41, 5.74) is 1.82. The van der Waals surface area contributed by atoms with Gasteiger partial charge in [0.2, 0.25) is 0 Å². The highest BCUT2D eigenvalue weighted by molar-refractivity contribution is 6.30. The third kappa shape index (κ3) is 3.50. The average molecular weight is 306 g/mol. The highest BCUT2D eigenvalue weighted by Crippen LogP contribution is 2.39. The Bertz CT molecular complexity index is 656. The van der Waals surface area contributed by atoms with Gasteiger partial charge in [0.05, 0.1) is 0 Å². The summed E-state index contributed by atoms with van der Waals surface area (Å²) in [5.74, 6) is 1.88. The van der Waals surface area contributed by atoms with E-state index in [4.69, 9.17) is 11.6 Å². The monoisotopic (exact) mass is 305 g/mol. The zero-order valence-electron chi connectivity index (χ0n) is 11.9. The molecule has 3 rings (SSSR count). The van der Waals surface area contributed by atoms with Gasteiger partial charge in [-0.15, -0.1) is 0 Å². The number of rotatable bonds is 5. The highest BCUT2D eigenvalue weighted by Gasteiger charge is 2.27. The number of nitrogens with one attached hydrogen (secondary N) is 1. The van der Waals surface area contributed by atoms with Crippen LogP contribution in [0.15, 0.2) is 24.3 Å². The van der Waals surface area contributed by atoms with Crippen molar-refractivity contribution in [2.45, 2.75) is 32.1 Å². The first-order chi connectivity index (χ1) is 10.1. The Morgan fingerprint density at radius 1 is 1.33 bits per heavy atom. The molecule has 0 amide bonds. The molecule has 0 bridgehead atoms. The Labute approximate surface area is 128 Å². The van der Waals surface area contributed by atoms with Gasteiger partial charge < -0.3 is 5.32 Å². The van der Waals surface area contributed by atoms with Crippen LogP contribution in [-0.4, -0.2) is 16.5 Å². The van der Waals surface area contributed by atoms with E-state index in [0.29, 0.717) is 17.6 Å². The van der Waals surface area contributed by atoms with Gasteiger partial charge in [0.1, 0.15) is 22.6 Å². The predicted octanol–water partition coefficient (Wildman–Crippen LogP) is 4.11. The second kappa shape index (κ2) is 5.98. The van der Waals surface area contributed by atoms with Crippen molar-refractivity contribution in [2.24, 2.45) is 0 Å². The molecule has 0 atom stereocenters. The number of anilines is 1. The smallest absolute Gasteiger partial charge is 0.137 e. The third-order valence-electron chi connectivity index (χ3n) is 3.64. The topological polar surface area (TPSA) is 37.8 Å². The molecule has 5 heteroatoms. The number of benzene rings is 1. The van der Waals surface area contributed by atoms with E-state index in [1.54, 1.807) is 12.1 Å². The van der Waals surface area contributed by atoms with Crippen LogP contribution < -0.4 is 5.32 Å². The minimum Gasteiger partial charge on any atom is -0.369 e. The van der Waals surface area contributed by atoms with E-state index in [2.05, 4.69) is 15.3 Å². The minimum atomic E-state index is -0.204. The number of halogens is 2. The molecule has 1 aliphatic rings. The molecule has 110 valence electrons. The quantitative estimate of drug-likeness (QED) is 0.845. The maximum Gasteiger partial charge on any atom is 0.137 e. The Hall–Kier alpha value is -1.68. The molecule has 1 aromatic heterocycles. The fourth-order valence-electron chi connectivity index (χ4n) is 2.22. The minimum absolute atomic E-state index is 0.204. The van der Waals surface area contributed by atoms with Crippen molar-refractivity contribution in [3.63, 3.8) is 0 Å². The molecule has 0 aliphatic heterocycles. The molecular weight excluding hydrogens is 289 g/mol. The van der Waals surface area contributed by atoms with Crippen molar-refractivity contribution < 1.29 is 4.39 Å². The van der Waals surface area contributed by atoms with E-state index >= 15 is 0 Å². The van der Waals surface area contributed by atoms with Crippen LogP contribution in [0, 0.1) is 12.7 Å². The standard InChI is InChI=1S/C16H17ClFN3/c1-10-14(17)20-16(12-5-6-12)21-15(10)19-8-7-11-3-2-4-13(18)9-11/h2-4,9,12H,5-8H2,1H3,(H,19,20,21). The normalized spacial score (nSPS) is 14.2. The lowest BCUT2D eigenvalue weighted by atomic mass is 10.1. The average Bonchev–Trinajstić information content (AvgIpc) is 3.28. The van der Waals surface area contributed by atoms with Gasteiger partial charge in [-0.1, -0.05) is 23.7 Å². The first-order valence-corrected chi connectivity index (χ1v) is 7.53. The van der Waals surface area contributed by atoms with Gasteiger partial charge in [0.25, 0.3) is 0 Å². The number of nitrogens with zero attached hydrogens (tertiary/aromatic N) is 2.